The van der Waals surface area contributed by atoms with Gasteiger partial charge in [0.15, 0.2) is 0 Å². The van der Waals surface area contributed by atoms with Crippen molar-refractivity contribution in [1.29, 1.82) is 0 Å². The third kappa shape index (κ3) is 1.56. The quantitative estimate of drug-likeness (QED) is 0.778. The smallest absolute Gasteiger partial charge is 0.128 e. The zero-order chi connectivity index (χ0) is 9.42. The minimum absolute atomic E-state index is 0.120. The largest absolute Gasteiger partial charge is 0.396 e. The van der Waals surface area contributed by atoms with Crippen molar-refractivity contribution in [2.45, 2.75) is 12.3 Å². The van der Waals surface area contributed by atoms with Crippen LogP contribution in [0.3, 0.4) is 0 Å². The molecule has 0 saturated heterocycles. The van der Waals surface area contributed by atoms with Gasteiger partial charge in [-0.3, -0.25) is 0 Å². The van der Waals surface area contributed by atoms with Gasteiger partial charge in [0.1, 0.15) is 5.82 Å². The number of aliphatic hydroxyl groups is 1. The standard InChI is InChI=1S/C10H10ClFO/c11-8-2-1-3-9(12)10(8)7-4-6(7)5-13/h1-3,6-7,13H,4-5H2/t6-,7+/m0/s1. The number of halogens is 2. The van der Waals surface area contributed by atoms with Crippen LogP contribution in [0, 0.1) is 11.7 Å². The van der Waals surface area contributed by atoms with E-state index in [-0.39, 0.29) is 24.3 Å². The Morgan fingerprint density at radius 1 is 1.54 bits per heavy atom. The molecule has 1 aliphatic carbocycles. The first-order valence-electron chi connectivity index (χ1n) is 4.28. The molecule has 0 spiro atoms. The lowest BCUT2D eigenvalue weighted by atomic mass is 10.1. The van der Waals surface area contributed by atoms with E-state index in [0.717, 1.165) is 6.42 Å². The van der Waals surface area contributed by atoms with Crippen molar-refractivity contribution in [3.63, 3.8) is 0 Å². The lowest BCUT2D eigenvalue weighted by molar-refractivity contribution is 0.273. The van der Waals surface area contributed by atoms with Crippen molar-refractivity contribution in [3.8, 4) is 0 Å². The van der Waals surface area contributed by atoms with Gasteiger partial charge < -0.3 is 5.11 Å². The van der Waals surface area contributed by atoms with E-state index in [1.807, 2.05) is 0 Å². The molecule has 0 heterocycles. The van der Waals surface area contributed by atoms with E-state index in [9.17, 15) is 4.39 Å². The van der Waals surface area contributed by atoms with Crippen LogP contribution in [0.2, 0.25) is 5.02 Å². The number of hydrogen-bond donors (Lipinski definition) is 1. The van der Waals surface area contributed by atoms with Crippen molar-refractivity contribution >= 4 is 11.6 Å². The Balaban J connectivity index is 2.30. The molecule has 1 aliphatic rings. The molecular formula is C10H10ClFO. The summed E-state index contributed by atoms with van der Waals surface area (Å²) in [6.45, 7) is 0.120. The van der Waals surface area contributed by atoms with Crippen molar-refractivity contribution in [1.82, 2.24) is 0 Å². The lowest BCUT2D eigenvalue weighted by Crippen LogP contribution is -1.93. The SMILES string of the molecule is OC[C@@H]1C[C@H]1c1c(F)cccc1Cl. The Kier molecular flexibility index (Phi) is 2.26. The molecule has 0 bridgehead atoms. The van der Waals surface area contributed by atoms with Crippen LogP contribution in [0.5, 0.6) is 0 Å². The molecular weight excluding hydrogens is 191 g/mol. The maximum Gasteiger partial charge on any atom is 0.128 e. The predicted octanol–water partition coefficient (Wildman–Crippen LogP) is 2.57. The van der Waals surface area contributed by atoms with Crippen LogP contribution in [0.1, 0.15) is 17.9 Å². The first-order valence-corrected chi connectivity index (χ1v) is 4.66. The topological polar surface area (TPSA) is 20.2 Å². The summed E-state index contributed by atoms with van der Waals surface area (Å²) in [5.41, 5.74) is 0.572. The van der Waals surface area contributed by atoms with E-state index in [1.165, 1.54) is 6.07 Å². The molecule has 1 N–H and O–H groups in total. The van der Waals surface area contributed by atoms with E-state index >= 15 is 0 Å². The average Bonchev–Trinajstić information content (AvgIpc) is 2.83. The Morgan fingerprint density at radius 2 is 2.31 bits per heavy atom. The summed E-state index contributed by atoms with van der Waals surface area (Å²) in [4.78, 5) is 0. The number of rotatable bonds is 2. The molecule has 1 nitrogen and oxygen atoms in total. The van der Waals surface area contributed by atoms with Crippen LogP contribution in [0.15, 0.2) is 18.2 Å². The van der Waals surface area contributed by atoms with Gasteiger partial charge in [0.05, 0.1) is 0 Å². The minimum atomic E-state index is -0.256. The molecule has 1 aromatic carbocycles. The summed E-state index contributed by atoms with van der Waals surface area (Å²) in [6.07, 6.45) is 0.844. The summed E-state index contributed by atoms with van der Waals surface area (Å²) in [5.74, 6) is 0.0709. The Labute approximate surface area is 81.1 Å². The summed E-state index contributed by atoms with van der Waals surface area (Å²) in [7, 11) is 0. The molecule has 2 atom stereocenters. The highest BCUT2D eigenvalue weighted by molar-refractivity contribution is 6.31. The fourth-order valence-electron chi connectivity index (χ4n) is 1.67. The van der Waals surface area contributed by atoms with Gasteiger partial charge in [0.2, 0.25) is 0 Å². The highest BCUT2D eigenvalue weighted by atomic mass is 35.5. The van der Waals surface area contributed by atoms with Crippen molar-refractivity contribution < 1.29 is 9.50 Å². The second kappa shape index (κ2) is 3.28. The molecule has 13 heavy (non-hydrogen) atoms. The van der Waals surface area contributed by atoms with Gasteiger partial charge in [-0.1, -0.05) is 17.7 Å². The van der Waals surface area contributed by atoms with Gasteiger partial charge in [-0.05, 0) is 30.4 Å². The summed E-state index contributed by atoms with van der Waals surface area (Å²) < 4.78 is 13.3. The van der Waals surface area contributed by atoms with Crippen molar-refractivity contribution in [2.75, 3.05) is 6.61 Å². The van der Waals surface area contributed by atoms with Crippen LogP contribution in [0.4, 0.5) is 4.39 Å². The fourth-order valence-corrected chi connectivity index (χ4v) is 1.97. The van der Waals surface area contributed by atoms with Crippen molar-refractivity contribution in [2.24, 2.45) is 5.92 Å². The summed E-state index contributed by atoms with van der Waals surface area (Å²) in [6, 6.07) is 4.69. The predicted molar refractivity (Wildman–Crippen MR) is 49.3 cm³/mol. The van der Waals surface area contributed by atoms with E-state index in [0.29, 0.717) is 10.6 Å². The number of benzene rings is 1. The second-order valence-electron chi connectivity index (χ2n) is 3.42. The van der Waals surface area contributed by atoms with Crippen LogP contribution in [0.25, 0.3) is 0 Å². The molecule has 0 unspecified atom stereocenters. The van der Waals surface area contributed by atoms with Crippen molar-refractivity contribution in [3.05, 3.63) is 34.6 Å². The molecule has 3 heteroatoms. The Bertz CT molecular complexity index is 306. The first kappa shape index (κ1) is 8.97. The zero-order valence-corrected chi connectivity index (χ0v) is 7.76. The summed E-state index contributed by atoms with van der Waals surface area (Å²) >= 11 is 5.87. The molecule has 1 fully saturated rings. The first-order chi connectivity index (χ1) is 6.24. The van der Waals surface area contributed by atoms with Crippen LogP contribution < -0.4 is 0 Å². The van der Waals surface area contributed by atoms with Gasteiger partial charge in [0.25, 0.3) is 0 Å². The van der Waals surface area contributed by atoms with Gasteiger partial charge in [-0.2, -0.15) is 0 Å². The van der Waals surface area contributed by atoms with Crippen LogP contribution in [-0.4, -0.2) is 11.7 Å². The number of aliphatic hydroxyl groups excluding tert-OH is 1. The van der Waals surface area contributed by atoms with E-state index in [1.54, 1.807) is 12.1 Å². The fraction of sp³-hybridized carbons (Fsp3) is 0.400. The van der Waals surface area contributed by atoms with Crippen LogP contribution >= 0.6 is 11.6 Å². The normalized spacial score (nSPS) is 26.1. The lowest BCUT2D eigenvalue weighted by Gasteiger charge is -2.03. The maximum atomic E-state index is 13.3. The highest BCUT2D eigenvalue weighted by Crippen LogP contribution is 2.49. The molecule has 1 saturated carbocycles. The third-order valence-corrected chi connectivity index (χ3v) is 2.86. The molecule has 2 rings (SSSR count). The monoisotopic (exact) mass is 200 g/mol. The Morgan fingerprint density at radius 3 is 2.85 bits per heavy atom. The van der Waals surface area contributed by atoms with E-state index < -0.39 is 0 Å². The molecule has 0 radical (unpaired) electrons. The van der Waals surface area contributed by atoms with Gasteiger partial charge in [-0.25, -0.2) is 4.39 Å². The molecule has 1 aromatic rings. The minimum Gasteiger partial charge on any atom is -0.396 e. The Hall–Kier alpha value is -0.600. The molecule has 0 amide bonds. The van der Waals surface area contributed by atoms with Gasteiger partial charge in [0, 0.05) is 17.2 Å². The number of hydrogen-bond acceptors (Lipinski definition) is 1. The average molecular weight is 201 g/mol. The van der Waals surface area contributed by atoms with Gasteiger partial charge in [-0.15, -0.1) is 0 Å². The second-order valence-corrected chi connectivity index (χ2v) is 3.83. The maximum absolute atomic E-state index is 13.3. The van der Waals surface area contributed by atoms with Gasteiger partial charge >= 0.3 is 0 Å². The zero-order valence-electron chi connectivity index (χ0n) is 7.00. The molecule has 0 aromatic heterocycles. The molecule has 0 aliphatic heterocycles. The van der Waals surface area contributed by atoms with Crippen LogP contribution in [-0.2, 0) is 0 Å². The third-order valence-electron chi connectivity index (χ3n) is 2.53. The summed E-state index contributed by atoms with van der Waals surface area (Å²) in [5, 5.41) is 9.33. The molecule has 70 valence electrons. The van der Waals surface area contributed by atoms with E-state index in [2.05, 4.69) is 0 Å². The van der Waals surface area contributed by atoms with E-state index in [4.69, 9.17) is 16.7 Å². The highest BCUT2D eigenvalue weighted by Gasteiger charge is 2.40.